The standard InChI is InChI=1S/C48H58N12O4/c1-31-25-35(9-13-39(31)32(2)52-46(63)45-53-47(64-56-45)48(3,4)5)43-40-26-36(27-51-44(40)55-54-43)34-7-10-37(11-8-34)58-18-15-33(16-19-58)29-57-21-23-59(24-22-57)41-14-12-38(28-50-41)60(30-61)20-17-42(62)49-6/h7-14,25-28,30,32-33H,15-24,29H2,1-6H3,(H,49,62)(H,52,63)(H,51,54,55)/t32-/m1/s1. The Kier molecular flexibility index (Phi) is 13.0. The van der Waals surface area contributed by atoms with Crippen LogP contribution in [0.15, 0.2) is 77.6 Å². The van der Waals surface area contributed by atoms with Crippen molar-refractivity contribution in [2.75, 3.05) is 74.1 Å². The molecule has 0 bridgehead atoms. The molecule has 2 aliphatic heterocycles. The number of piperazine rings is 1. The van der Waals surface area contributed by atoms with Crippen molar-refractivity contribution in [3.05, 3.63) is 95.9 Å². The second-order valence-electron chi connectivity index (χ2n) is 18.0. The van der Waals surface area contributed by atoms with Crippen LogP contribution in [-0.2, 0) is 15.0 Å². The molecule has 6 aromatic rings. The molecular formula is C48H58N12O4. The summed E-state index contributed by atoms with van der Waals surface area (Å²) in [6.45, 7) is 17.2. The van der Waals surface area contributed by atoms with Gasteiger partial charge in [-0.2, -0.15) is 10.1 Å². The number of H-pyrrole nitrogens is 1. The topological polar surface area (TPSA) is 182 Å². The molecule has 8 rings (SSSR count). The molecule has 2 fully saturated rings. The van der Waals surface area contributed by atoms with Crippen molar-refractivity contribution in [1.29, 1.82) is 0 Å². The minimum Gasteiger partial charge on any atom is -0.372 e. The first-order chi connectivity index (χ1) is 30.9. The van der Waals surface area contributed by atoms with Gasteiger partial charge in [-0.25, -0.2) is 9.97 Å². The van der Waals surface area contributed by atoms with Crippen molar-refractivity contribution in [3.8, 4) is 22.4 Å². The molecule has 0 aliphatic carbocycles. The zero-order valence-electron chi connectivity index (χ0n) is 37.6. The number of rotatable bonds is 14. The molecule has 0 spiro atoms. The smallest absolute Gasteiger partial charge is 0.293 e. The molecule has 0 radical (unpaired) electrons. The number of aromatic nitrogens is 6. The van der Waals surface area contributed by atoms with Gasteiger partial charge in [0.2, 0.25) is 18.2 Å². The molecule has 64 heavy (non-hydrogen) atoms. The number of aromatic amines is 1. The molecule has 2 aliphatic rings. The zero-order valence-corrected chi connectivity index (χ0v) is 37.6. The first kappa shape index (κ1) is 43.9. The highest BCUT2D eigenvalue weighted by Crippen LogP contribution is 2.33. The van der Waals surface area contributed by atoms with Crippen LogP contribution in [0.4, 0.5) is 17.2 Å². The Labute approximate surface area is 373 Å². The molecule has 2 aromatic carbocycles. The lowest BCUT2D eigenvalue weighted by atomic mass is 9.95. The monoisotopic (exact) mass is 866 g/mol. The lowest BCUT2D eigenvalue weighted by molar-refractivity contribution is -0.120. The summed E-state index contributed by atoms with van der Waals surface area (Å²) >= 11 is 0. The molecule has 3 N–H and O–H groups in total. The number of carbonyl (C=O) groups excluding carboxylic acids is 3. The minimum absolute atomic E-state index is 0.0221. The second-order valence-corrected chi connectivity index (χ2v) is 18.0. The maximum absolute atomic E-state index is 13.0. The molecular weight excluding hydrogens is 809 g/mol. The third-order valence-corrected chi connectivity index (χ3v) is 12.5. The fourth-order valence-corrected chi connectivity index (χ4v) is 8.64. The van der Waals surface area contributed by atoms with Gasteiger partial charge >= 0.3 is 0 Å². The van der Waals surface area contributed by atoms with Crippen LogP contribution in [0.25, 0.3) is 33.4 Å². The number of benzene rings is 2. The predicted molar refractivity (Wildman–Crippen MR) is 248 cm³/mol. The average molecular weight is 867 g/mol. The number of hydrogen-bond acceptors (Lipinski definition) is 12. The van der Waals surface area contributed by atoms with Crippen molar-refractivity contribution < 1.29 is 18.9 Å². The van der Waals surface area contributed by atoms with E-state index in [-0.39, 0.29) is 35.5 Å². The van der Waals surface area contributed by atoms with E-state index in [9.17, 15) is 14.4 Å². The van der Waals surface area contributed by atoms with Crippen LogP contribution in [0.5, 0.6) is 0 Å². The van der Waals surface area contributed by atoms with Crippen LogP contribution in [0.3, 0.4) is 0 Å². The van der Waals surface area contributed by atoms with E-state index in [1.165, 1.54) is 10.6 Å². The summed E-state index contributed by atoms with van der Waals surface area (Å²) in [6.07, 6.45) is 6.92. The van der Waals surface area contributed by atoms with Crippen LogP contribution in [0, 0.1) is 12.8 Å². The highest BCUT2D eigenvalue weighted by Gasteiger charge is 2.27. The highest BCUT2D eigenvalue weighted by atomic mass is 16.5. The maximum atomic E-state index is 13.0. The highest BCUT2D eigenvalue weighted by molar-refractivity contribution is 5.94. The third kappa shape index (κ3) is 9.91. The number of piperidine rings is 1. The van der Waals surface area contributed by atoms with E-state index in [0.29, 0.717) is 24.0 Å². The van der Waals surface area contributed by atoms with E-state index in [1.807, 2.05) is 65.1 Å². The van der Waals surface area contributed by atoms with Crippen LogP contribution in [-0.4, -0.2) is 113 Å². The summed E-state index contributed by atoms with van der Waals surface area (Å²) in [6, 6.07) is 20.7. The minimum atomic E-state index is -0.384. The summed E-state index contributed by atoms with van der Waals surface area (Å²) in [5, 5.41) is 18.2. The number of aryl methyl sites for hydroxylation is 1. The molecule has 0 unspecified atom stereocenters. The van der Waals surface area contributed by atoms with E-state index in [4.69, 9.17) is 9.51 Å². The maximum Gasteiger partial charge on any atom is 0.293 e. The van der Waals surface area contributed by atoms with Gasteiger partial charge in [0, 0.05) is 99.6 Å². The SMILES string of the molecule is CNC(=O)CCN(C=O)c1ccc(N2CCN(CC3CCN(c4ccc(-c5cnc6[nH]nc(-c7ccc([C@@H](C)NC(=O)c8noc(C(C)(C)C)n8)c(C)c7)c6c5)cc4)CC3)CC2)nc1. The van der Waals surface area contributed by atoms with Crippen molar-refractivity contribution in [2.24, 2.45) is 5.92 Å². The number of hydrogen-bond donors (Lipinski definition) is 3. The van der Waals surface area contributed by atoms with Gasteiger partial charge in [-0.05, 0) is 85.7 Å². The van der Waals surface area contributed by atoms with Gasteiger partial charge in [-0.3, -0.25) is 24.4 Å². The summed E-state index contributed by atoms with van der Waals surface area (Å²) in [7, 11) is 1.59. The van der Waals surface area contributed by atoms with Crippen LogP contribution < -0.4 is 25.3 Å². The first-order valence-corrected chi connectivity index (χ1v) is 22.2. The van der Waals surface area contributed by atoms with E-state index in [2.05, 4.69) is 87.1 Å². The van der Waals surface area contributed by atoms with Gasteiger partial charge < -0.3 is 29.9 Å². The summed E-state index contributed by atoms with van der Waals surface area (Å²) < 4.78 is 5.32. The van der Waals surface area contributed by atoms with Crippen LogP contribution >= 0.6 is 0 Å². The van der Waals surface area contributed by atoms with E-state index >= 15 is 0 Å². The number of nitrogens with zero attached hydrogens (tertiary/aromatic N) is 9. The Morgan fingerprint density at radius 2 is 1.67 bits per heavy atom. The first-order valence-electron chi connectivity index (χ1n) is 22.2. The van der Waals surface area contributed by atoms with Gasteiger partial charge in [0.05, 0.1) is 17.9 Å². The predicted octanol–water partition coefficient (Wildman–Crippen LogP) is 6.30. The van der Waals surface area contributed by atoms with Crippen molar-refractivity contribution in [1.82, 2.24) is 45.8 Å². The lowest BCUT2D eigenvalue weighted by Gasteiger charge is -2.39. The number of amides is 3. The average Bonchev–Trinajstić information content (AvgIpc) is 3.99. The summed E-state index contributed by atoms with van der Waals surface area (Å²) in [5.41, 5.74) is 8.20. The Balaban J connectivity index is 0.824. The summed E-state index contributed by atoms with van der Waals surface area (Å²) in [4.78, 5) is 58.8. The van der Waals surface area contributed by atoms with E-state index in [0.717, 1.165) is 115 Å². The fourth-order valence-electron chi connectivity index (χ4n) is 8.64. The Morgan fingerprint density at radius 1 is 0.922 bits per heavy atom. The molecule has 0 saturated carbocycles. The van der Waals surface area contributed by atoms with E-state index < -0.39 is 0 Å². The largest absolute Gasteiger partial charge is 0.372 e. The molecule has 4 aromatic heterocycles. The molecule has 3 amide bonds. The van der Waals surface area contributed by atoms with Gasteiger partial charge in [-0.1, -0.05) is 50.2 Å². The molecule has 1 atom stereocenters. The number of anilines is 3. The molecule has 16 nitrogen and oxygen atoms in total. The number of pyridine rings is 2. The summed E-state index contributed by atoms with van der Waals surface area (Å²) in [5.74, 6) is 1.53. The van der Waals surface area contributed by atoms with Gasteiger partial charge in [-0.15, -0.1) is 0 Å². The van der Waals surface area contributed by atoms with Crippen LogP contribution in [0.2, 0.25) is 0 Å². The van der Waals surface area contributed by atoms with Gasteiger partial charge in [0.25, 0.3) is 11.7 Å². The Morgan fingerprint density at radius 3 is 2.33 bits per heavy atom. The molecule has 16 heteroatoms. The third-order valence-electron chi connectivity index (χ3n) is 12.5. The van der Waals surface area contributed by atoms with Crippen molar-refractivity contribution in [3.63, 3.8) is 0 Å². The zero-order chi connectivity index (χ0) is 45.0. The number of nitrogens with one attached hydrogen (secondary N) is 3. The quantitative estimate of drug-likeness (QED) is 0.104. The van der Waals surface area contributed by atoms with Gasteiger partial charge in [0.1, 0.15) is 11.5 Å². The Bertz CT molecular complexity index is 2570. The molecule has 2 saturated heterocycles. The number of fused-ring (bicyclic) bond motifs is 1. The van der Waals surface area contributed by atoms with E-state index in [1.54, 1.807) is 13.2 Å². The fraction of sp³-hybridized carbons (Fsp3) is 0.417. The van der Waals surface area contributed by atoms with Crippen molar-refractivity contribution >= 4 is 46.5 Å². The van der Waals surface area contributed by atoms with Gasteiger partial charge in [0.15, 0.2) is 5.65 Å². The number of carbonyl (C=O) groups is 3. The second kappa shape index (κ2) is 19.0. The normalized spacial score (nSPS) is 15.6. The lowest BCUT2D eigenvalue weighted by Crippen LogP contribution is -2.49. The molecule has 334 valence electrons. The van der Waals surface area contributed by atoms with Crippen LogP contribution in [0.1, 0.15) is 80.6 Å². The molecule has 6 heterocycles. The Hall–Kier alpha value is -6.68. The van der Waals surface area contributed by atoms with Crippen molar-refractivity contribution in [2.45, 2.75) is 65.3 Å².